The highest BCUT2D eigenvalue weighted by atomic mass is 79.9. The number of nitrogens with zero attached hydrogens (tertiary/aromatic N) is 3. The third-order valence-electron chi connectivity index (χ3n) is 4.16. The zero-order chi connectivity index (χ0) is 16.4. The number of aryl methyl sites for hydroxylation is 1. The molecule has 2 N–H and O–H groups in total. The van der Waals surface area contributed by atoms with E-state index in [0.29, 0.717) is 24.0 Å². The number of fused-ring (bicyclic) bond motifs is 1. The molecule has 1 unspecified atom stereocenters. The summed E-state index contributed by atoms with van der Waals surface area (Å²) in [5, 5.41) is 0.550. The van der Waals surface area contributed by atoms with Crippen molar-refractivity contribution in [2.45, 2.75) is 31.8 Å². The first-order valence-corrected chi connectivity index (χ1v) is 8.52. The standard InChI is InChI=1S/C16H19BrN4O2.ClH/c17-11-3-4-14-13(8-11)16(23)21(10-19-14)7-5-15(22)20-6-1-2-12(18)9-20;/h3-4,8,10,12H,1-2,5-7,9,18H2;1H. The van der Waals surface area contributed by atoms with E-state index in [1.54, 1.807) is 17.0 Å². The van der Waals surface area contributed by atoms with Crippen molar-refractivity contribution in [2.24, 2.45) is 5.73 Å². The fraction of sp³-hybridized carbons (Fsp3) is 0.438. The molecule has 1 aromatic carbocycles. The lowest BCUT2D eigenvalue weighted by atomic mass is 10.1. The molecule has 1 fully saturated rings. The van der Waals surface area contributed by atoms with Crippen molar-refractivity contribution >= 4 is 45.1 Å². The van der Waals surface area contributed by atoms with Crippen LogP contribution < -0.4 is 11.3 Å². The molecule has 0 saturated carbocycles. The predicted octanol–water partition coefficient (Wildman–Crippen LogP) is 1.92. The van der Waals surface area contributed by atoms with Gasteiger partial charge in [-0.1, -0.05) is 15.9 Å². The summed E-state index contributed by atoms with van der Waals surface area (Å²) in [5.41, 5.74) is 6.44. The van der Waals surface area contributed by atoms with Gasteiger partial charge < -0.3 is 10.6 Å². The van der Waals surface area contributed by atoms with Gasteiger partial charge >= 0.3 is 0 Å². The summed E-state index contributed by atoms with van der Waals surface area (Å²) in [6.45, 7) is 1.69. The molecule has 2 heterocycles. The Morgan fingerprint density at radius 2 is 2.21 bits per heavy atom. The zero-order valence-electron chi connectivity index (χ0n) is 13.2. The molecule has 24 heavy (non-hydrogen) atoms. The molecule has 2 aromatic rings. The Balaban J connectivity index is 0.00000208. The van der Waals surface area contributed by atoms with Crippen LogP contribution in [0.5, 0.6) is 0 Å². The number of hydrogen-bond acceptors (Lipinski definition) is 4. The van der Waals surface area contributed by atoms with E-state index in [0.717, 1.165) is 23.9 Å². The first-order valence-electron chi connectivity index (χ1n) is 7.72. The molecule has 6 nitrogen and oxygen atoms in total. The number of benzene rings is 1. The quantitative estimate of drug-likeness (QED) is 0.830. The van der Waals surface area contributed by atoms with Crippen molar-refractivity contribution in [1.82, 2.24) is 14.5 Å². The maximum atomic E-state index is 12.5. The van der Waals surface area contributed by atoms with Crippen LogP contribution in [0, 0.1) is 0 Å². The molecule has 0 bridgehead atoms. The Hall–Kier alpha value is -1.44. The van der Waals surface area contributed by atoms with Crippen LogP contribution in [0.15, 0.2) is 33.8 Å². The van der Waals surface area contributed by atoms with Gasteiger partial charge in [0.25, 0.3) is 5.56 Å². The second kappa shape index (κ2) is 8.09. The molecule has 1 aliphatic heterocycles. The molecule has 1 amide bonds. The van der Waals surface area contributed by atoms with E-state index in [2.05, 4.69) is 20.9 Å². The number of likely N-dealkylation sites (tertiary alicyclic amines) is 1. The lowest BCUT2D eigenvalue weighted by molar-refractivity contribution is -0.132. The van der Waals surface area contributed by atoms with Crippen LogP contribution in [0.2, 0.25) is 0 Å². The molecule has 3 rings (SSSR count). The van der Waals surface area contributed by atoms with Crippen LogP contribution in [0.3, 0.4) is 0 Å². The molecule has 0 spiro atoms. The van der Waals surface area contributed by atoms with E-state index in [1.165, 1.54) is 10.9 Å². The Bertz CT molecular complexity index is 795. The number of rotatable bonds is 3. The highest BCUT2D eigenvalue weighted by Gasteiger charge is 2.21. The van der Waals surface area contributed by atoms with E-state index < -0.39 is 0 Å². The van der Waals surface area contributed by atoms with E-state index in [4.69, 9.17) is 5.73 Å². The van der Waals surface area contributed by atoms with Crippen molar-refractivity contribution in [2.75, 3.05) is 13.1 Å². The van der Waals surface area contributed by atoms with Crippen LogP contribution in [0.25, 0.3) is 10.9 Å². The van der Waals surface area contributed by atoms with Gasteiger partial charge in [-0.05, 0) is 31.0 Å². The molecule has 1 atom stereocenters. The van der Waals surface area contributed by atoms with Crippen LogP contribution in [-0.2, 0) is 11.3 Å². The Morgan fingerprint density at radius 1 is 1.42 bits per heavy atom. The highest BCUT2D eigenvalue weighted by molar-refractivity contribution is 9.10. The first kappa shape index (κ1) is 18.9. The van der Waals surface area contributed by atoms with E-state index in [1.807, 2.05) is 6.07 Å². The average Bonchev–Trinajstić information content (AvgIpc) is 2.54. The van der Waals surface area contributed by atoms with Crippen molar-refractivity contribution in [3.8, 4) is 0 Å². The third kappa shape index (κ3) is 4.15. The topological polar surface area (TPSA) is 81.2 Å². The molecule has 0 aliphatic carbocycles. The lowest BCUT2D eigenvalue weighted by Gasteiger charge is -2.30. The Labute approximate surface area is 154 Å². The molecule has 1 saturated heterocycles. The van der Waals surface area contributed by atoms with E-state index in [-0.39, 0.29) is 36.3 Å². The molecular weight excluding hydrogens is 396 g/mol. The van der Waals surface area contributed by atoms with Gasteiger partial charge in [-0.3, -0.25) is 14.2 Å². The molecular formula is C16H20BrClN4O2. The van der Waals surface area contributed by atoms with Crippen molar-refractivity contribution in [3.63, 3.8) is 0 Å². The fourth-order valence-corrected chi connectivity index (χ4v) is 3.26. The van der Waals surface area contributed by atoms with Gasteiger partial charge in [0, 0.05) is 36.6 Å². The number of carbonyl (C=O) groups excluding carboxylic acids is 1. The second-order valence-corrected chi connectivity index (χ2v) is 6.81. The summed E-state index contributed by atoms with van der Waals surface area (Å²) >= 11 is 3.36. The number of carbonyl (C=O) groups is 1. The third-order valence-corrected chi connectivity index (χ3v) is 4.66. The summed E-state index contributed by atoms with van der Waals surface area (Å²) in [4.78, 5) is 30.8. The molecule has 0 radical (unpaired) electrons. The number of nitrogens with two attached hydrogens (primary N) is 1. The minimum atomic E-state index is -0.126. The van der Waals surface area contributed by atoms with Crippen LogP contribution in [0.4, 0.5) is 0 Å². The maximum Gasteiger partial charge on any atom is 0.261 e. The van der Waals surface area contributed by atoms with Crippen molar-refractivity contribution in [3.05, 3.63) is 39.4 Å². The average molecular weight is 416 g/mol. The van der Waals surface area contributed by atoms with Crippen LogP contribution in [-0.4, -0.2) is 39.5 Å². The number of halogens is 2. The van der Waals surface area contributed by atoms with Gasteiger partial charge in [-0.2, -0.15) is 0 Å². The lowest BCUT2D eigenvalue weighted by Crippen LogP contribution is -2.46. The smallest absolute Gasteiger partial charge is 0.261 e. The molecule has 1 aliphatic rings. The van der Waals surface area contributed by atoms with Crippen LogP contribution in [0.1, 0.15) is 19.3 Å². The van der Waals surface area contributed by atoms with Crippen molar-refractivity contribution in [1.29, 1.82) is 0 Å². The van der Waals surface area contributed by atoms with E-state index >= 15 is 0 Å². The highest BCUT2D eigenvalue weighted by Crippen LogP contribution is 2.15. The summed E-state index contributed by atoms with van der Waals surface area (Å²) in [5.74, 6) is 0.0430. The number of amides is 1. The number of aromatic nitrogens is 2. The Morgan fingerprint density at radius 3 is 2.96 bits per heavy atom. The zero-order valence-corrected chi connectivity index (χ0v) is 15.6. The van der Waals surface area contributed by atoms with Gasteiger partial charge in [0.2, 0.25) is 5.91 Å². The largest absolute Gasteiger partial charge is 0.341 e. The maximum absolute atomic E-state index is 12.5. The second-order valence-electron chi connectivity index (χ2n) is 5.90. The SMILES string of the molecule is Cl.NC1CCCN(C(=O)CCn2cnc3ccc(Br)cc3c2=O)C1. The van der Waals surface area contributed by atoms with Gasteiger partial charge in [0.15, 0.2) is 0 Å². The first-order chi connectivity index (χ1) is 11.0. The minimum Gasteiger partial charge on any atom is -0.341 e. The number of hydrogen-bond donors (Lipinski definition) is 1. The fourth-order valence-electron chi connectivity index (χ4n) is 2.90. The summed E-state index contributed by atoms with van der Waals surface area (Å²) in [7, 11) is 0. The minimum absolute atomic E-state index is 0. The molecule has 8 heteroatoms. The predicted molar refractivity (Wildman–Crippen MR) is 99.4 cm³/mol. The normalized spacial score (nSPS) is 17.6. The Kier molecular flexibility index (Phi) is 6.37. The van der Waals surface area contributed by atoms with Crippen molar-refractivity contribution < 1.29 is 4.79 Å². The number of piperidine rings is 1. The summed E-state index contributed by atoms with van der Waals surface area (Å²) in [6, 6.07) is 5.47. The van der Waals surface area contributed by atoms with Gasteiger partial charge in [0.05, 0.1) is 17.2 Å². The summed E-state index contributed by atoms with van der Waals surface area (Å²) in [6.07, 6.45) is 3.70. The van der Waals surface area contributed by atoms with E-state index in [9.17, 15) is 9.59 Å². The molecule has 1 aromatic heterocycles. The van der Waals surface area contributed by atoms with Gasteiger partial charge in [-0.25, -0.2) is 4.98 Å². The van der Waals surface area contributed by atoms with Gasteiger partial charge in [0.1, 0.15) is 0 Å². The summed E-state index contributed by atoms with van der Waals surface area (Å²) < 4.78 is 2.33. The molecule has 130 valence electrons. The van der Waals surface area contributed by atoms with Gasteiger partial charge in [-0.15, -0.1) is 12.4 Å². The van der Waals surface area contributed by atoms with Crippen LogP contribution >= 0.6 is 28.3 Å². The monoisotopic (exact) mass is 414 g/mol.